The number of pyridine rings is 1. The van der Waals surface area contributed by atoms with E-state index in [1.165, 1.54) is 4.90 Å². The van der Waals surface area contributed by atoms with Crippen LogP contribution in [-0.2, 0) is 9.59 Å². The topological polar surface area (TPSA) is 83.0 Å². The molecule has 1 N–H and O–H groups in total. The largest absolute Gasteiger partial charge is 0.507 e. The van der Waals surface area contributed by atoms with Gasteiger partial charge in [-0.05, 0) is 55.0 Å². The highest BCUT2D eigenvalue weighted by Crippen LogP contribution is 2.42. The number of carbonyl (C=O) groups is 2. The van der Waals surface area contributed by atoms with Crippen molar-refractivity contribution in [3.05, 3.63) is 89.8 Å². The fourth-order valence-corrected chi connectivity index (χ4v) is 3.94. The van der Waals surface area contributed by atoms with Gasteiger partial charge in [0, 0.05) is 37.2 Å². The van der Waals surface area contributed by atoms with E-state index in [4.69, 9.17) is 4.74 Å². The lowest BCUT2D eigenvalue weighted by Gasteiger charge is -2.25. The van der Waals surface area contributed by atoms with Crippen molar-refractivity contribution in [1.82, 2.24) is 4.98 Å². The minimum atomic E-state index is -0.869. The number of nitrogens with zero attached hydrogens (tertiary/aromatic N) is 3. The quantitative estimate of drug-likeness (QED) is 0.318. The van der Waals surface area contributed by atoms with Crippen molar-refractivity contribution >= 4 is 28.8 Å². The van der Waals surface area contributed by atoms with E-state index in [0.717, 1.165) is 12.1 Å². The zero-order valence-electron chi connectivity index (χ0n) is 19.4. The number of ether oxygens (including phenoxy) is 1. The van der Waals surface area contributed by atoms with E-state index in [1.807, 2.05) is 38.1 Å². The van der Waals surface area contributed by atoms with Gasteiger partial charge in [0.2, 0.25) is 0 Å². The smallest absolute Gasteiger partial charge is 0.300 e. The van der Waals surface area contributed by atoms with E-state index in [1.54, 1.807) is 60.8 Å². The average molecular weight is 458 g/mol. The highest BCUT2D eigenvalue weighted by molar-refractivity contribution is 6.51. The molecule has 1 aromatic heterocycles. The molecular weight excluding hydrogens is 430 g/mol. The monoisotopic (exact) mass is 457 g/mol. The van der Waals surface area contributed by atoms with Gasteiger partial charge in [-0.2, -0.15) is 0 Å². The number of ketones is 1. The third-order valence-corrected chi connectivity index (χ3v) is 5.64. The van der Waals surface area contributed by atoms with Gasteiger partial charge in [-0.25, -0.2) is 0 Å². The van der Waals surface area contributed by atoms with Gasteiger partial charge < -0.3 is 14.7 Å². The third-order valence-electron chi connectivity index (χ3n) is 5.64. The zero-order valence-corrected chi connectivity index (χ0v) is 19.4. The SMILES string of the molecule is CCCOc1cccc(/C(O)=C2/C(=O)C(=O)N(c3ccc(N(C)C)cc3)C2c2ccccn2)c1. The zero-order chi connectivity index (χ0) is 24.2. The fourth-order valence-electron chi connectivity index (χ4n) is 3.94. The lowest BCUT2D eigenvalue weighted by Crippen LogP contribution is -2.29. The molecule has 0 aliphatic carbocycles. The molecule has 1 saturated heterocycles. The first-order valence-electron chi connectivity index (χ1n) is 11.1. The number of aliphatic hydroxyl groups is 1. The van der Waals surface area contributed by atoms with E-state index in [-0.39, 0.29) is 11.3 Å². The lowest BCUT2D eigenvalue weighted by atomic mass is 9.98. The molecule has 174 valence electrons. The summed E-state index contributed by atoms with van der Waals surface area (Å²) in [5.74, 6) is -1.16. The third kappa shape index (κ3) is 4.37. The van der Waals surface area contributed by atoms with Crippen LogP contribution in [-0.4, -0.2) is 42.5 Å². The summed E-state index contributed by atoms with van der Waals surface area (Å²) < 4.78 is 5.68. The number of hydrogen-bond acceptors (Lipinski definition) is 6. The molecule has 0 saturated carbocycles. The molecule has 7 heteroatoms. The maximum absolute atomic E-state index is 13.2. The number of rotatable bonds is 7. The molecule has 34 heavy (non-hydrogen) atoms. The van der Waals surface area contributed by atoms with Gasteiger partial charge in [0.1, 0.15) is 17.6 Å². The molecule has 1 aliphatic heterocycles. The maximum Gasteiger partial charge on any atom is 0.300 e. The first-order valence-corrected chi connectivity index (χ1v) is 11.1. The van der Waals surface area contributed by atoms with E-state index in [0.29, 0.717) is 29.3 Å². The summed E-state index contributed by atoms with van der Waals surface area (Å²) in [7, 11) is 3.85. The molecule has 2 aromatic carbocycles. The Morgan fingerprint density at radius 3 is 2.47 bits per heavy atom. The van der Waals surface area contributed by atoms with Crippen LogP contribution in [0, 0.1) is 0 Å². The number of aromatic nitrogens is 1. The van der Waals surface area contributed by atoms with Crippen molar-refractivity contribution in [2.24, 2.45) is 0 Å². The summed E-state index contributed by atoms with van der Waals surface area (Å²) in [5, 5.41) is 11.3. The standard InChI is InChI=1S/C27H27N3O4/c1-4-16-34-21-9-7-8-18(17-21)25(31)23-24(22-10-5-6-15-28-22)30(27(33)26(23)32)20-13-11-19(12-14-20)29(2)3/h5-15,17,24,31H,4,16H2,1-3H3/b25-23-. The Balaban J connectivity index is 1.85. The van der Waals surface area contributed by atoms with Crippen molar-refractivity contribution in [3.63, 3.8) is 0 Å². The Bertz CT molecular complexity index is 1220. The van der Waals surface area contributed by atoms with Crippen molar-refractivity contribution < 1.29 is 19.4 Å². The van der Waals surface area contributed by atoms with Gasteiger partial charge in [-0.3, -0.25) is 19.5 Å². The molecule has 1 amide bonds. The Kier molecular flexibility index (Phi) is 6.63. The van der Waals surface area contributed by atoms with Crippen LogP contribution >= 0.6 is 0 Å². The lowest BCUT2D eigenvalue weighted by molar-refractivity contribution is -0.132. The molecular formula is C27H27N3O4. The number of Topliss-reactive ketones (excluding diaryl/α,β-unsaturated/α-hetero) is 1. The van der Waals surface area contributed by atoms with Crippen molar-refractivity contribution in [2.75, 3.05) is 30.5 Å². The normalized spacial score (nSPS) is 17.1. The van der Waals surface area contributed by atoms with Gasteiger partial charge in [0.05, 0.1) is 17.9 Å². The van der Waals surface area contributed by atoms with Gasteiger partial charge in [-0.15, -0.1) is 0 Å². The van der Waals surface area contributed by atoms with Crippen LogP contribution in [0.2, 0.25) is 0 Å². The molecule has 7 nitrogen and oxygen atoms in total. The van der Waals surface area contributed by atoms with Crippen LogP contribution in [0.4, 0.5) is 11.4 Å². The van der Waals surface area contributed by atoms with E-state index in [2.05, 4.69) is 4.98 Å². The molecule has 2 heterocycles. The molecule has 1 unspecified atom stereocenters. The summed E-state index contributed by atoms with van der Waals surface area (Å²) in [5.41, 5.74) is 2.38. The Labute approximate surface area is 198 Å². The summed E-state index contributed by atoms with van der Waals surface area (Å²) in [6, 6.07) is 18.6. The first-order chi connectivity index (χ1) is 16.4. The second-order valence-electron chi connectivity index (χ2n) is 8.21. The molecule has 3 aromatic rings. The highest BCUT2D eigenvalue weighted by atomic mass is 16.5. The second kappa shape index (κ2) is 9.79. The molecule has 1 atom stereocenters. The number of carbonyl (C=O) groups excluding carboxylic acids is 2. The van der Waals surface area contributed by atoms with Crippen LogP contribution in [0.1, 0.15) is 30.6 Å². The summed E-state index contributed by atoms with van der Waals surface area (Å²) in [6.07, 6.45) is 2.44. The van der Waals surface area contributed by atoms with Gasteiger partial charge in [0.25, 0.3) is 11.7 Å². The molecule has 0 bridgehead atoms. The Hall–Kier alpha value is -4.13. The van der Waals surface area contributed by atoms with Crippen molar-refractivity contribution in [3.8, 4) is 5.75 Å². The molecule has 0 spiro atoms. The van der Waals surface area contributed by atoms with E-state index < -0.39 is 17.7 Å². The van der Waals surface area contributed by atoms with Crippen molar-refractivity contribution in [2.45, 2.75) is 19.4 Å². The minimum absolute atomic E-state index is 0.00646. The Morgan fingerprint density at radius 1 is 1.06 bits per heavy atom. The molecule has 1 fully saturated rings. The predicted octanol–water partition coefficient (Wildman–Crippen LogP) is 4.56. The van der Waals surface area contributed by atoms with Crippen LogP contribution in [0.15, 0.2) is 78.5 Å². The number of anilines is 2. The fraction of sp³-hybridized carbons (Fsp3) is 0.222. The van der Waals surface area contributed by atoms with E-state index in [9.17, 15) is 14.7 Å². The predicted molar refractivity (Wildman–Crippen MR) is 132 cm³/mol. The molecule has 0 radical (unpaired) electrons. The maximum atomic E-state index is 13.2. The van der Waals surface area contributed by atoms with Crippen LogP contribution < -0.4 is 14.5 Å². The number of aliphatic hydroxyl groups excluding tert-OH is 1. The van der Waals surface area contributed by atoms with Gasteiger partial charge >= 0.3 is 0 Å². The summed E-state index contributed by atoms with van der Waals surface area (Å²) in [6.45, 7) is 2.54. The summed E-state index contributed by atoms with van der Waals surface area (Å²) in [4.78, 5) is 34.2. The average Bonchev–Trinajstić information content (AvgIpc) is 3.13. The van der Waals surface area contributed by atoms with Gasteiger partial charge in [0.15, 0.2) is 0 Å². The van der Waals surface area contributed by atoms with Crippen molar-refractivity contribution in [1.29, 1.82) is 0 Å². The highest BCUT2D eigenvalue weighted by Gasteiger charge is 2.47. The molecule has 1 aliphatic rings. The van der Waals surface area contributed by atoms with E-state index >= 15 is 0 Å². The number of amides is 1. The van der Waals surface area contributed by atoms with Gasteiger partial charge in [-0.1, -0.05) is 25.1 Å². The first kappa shape index (κ1) is 23.0. The second-order valence-corrected chi connectivity index (χ2v) is 8.21. The Morgan fingerprint density at radius 2 is 1.82 bits per heavy atom. The van der Waals surface area contributed by atoms with Crippen LogP contribution in [0.3, 0.4) is 0 Å². The summed E-state index contributed by atoms with van der Waals surface area (Å²) >= 11 is 0. The minimum Gasteiger partial charge on any atom is -0.507 e. The molecule has 4 rings (SSSR count). The van der Waals surface area contributed by atoms with Crippen LogP contribution in [0.25, 0.3) is 5.76 Å². The number of benzene rings is 2. The van der Waals surface area contributed by atoms with Crippen LogP contribution in [0.5, 0.6) is 5.75 Å². The number of hydrogen-bond donors (Lipinski definition) is 1.